The minimum Gasteiger partial charge on any atom is -0.445 e. The number of thiol groups is 1. The van der Waals surface area contributed by atoms with Crippen LogP contribution in [0.15, 0.2) is 24.3 Å². The van der Waals surface area contributed by atoms with E-state index in [0.29, 0.717) is 11.3 Å². The molecule has 24 heavy (non-hydrogen) atoms. The van der Waals surface area contributed by atoms with Crippen molar-refractivity contribution >= 4 is 24.4 Å². The summed E-state index contributed by atoms with van der Waals surface area (Å²) < 4.78 is 5.20. The van der Waals surface area contributed by atoms with Gasteiger partial charge in [-0.15, -0.1) is 0 Å². The number of alkyl carbamates (subject to hydrolysis) is 1. The largest absolute Gasteiger partial charge is 0.445 e. The van der Waals surface area contributed by atoms with Crippen LogP contribution in [0.3, 0.4) is 0 Å². The fourth-order valence-electron chi connectivity index (χ4n) is 3.28. The molecular weight excluding hydrogens is 330 g/mol. The van der Waals surface area contributed by atoms with Gasteiger partial charge < -0.3 is 10.1 Å². The Morgan fingerprint density at radius 2 is 2.04 bits per heavy atom. The van der Waals surface area contributed by atoms with Gasteiger partial charge in [0.15, 0.2) is 0 Å². The Bertz CT molecular complexity index is 604. The lowest BCUT2D eigenvalue weighted by molar-refractivity contribution is -0.384. The molecule has 1 heterocycles. The number of nitrogens with one attached hydrogen (secondary N) is 1. The second-order valence-corrected chi connectivity index (χ2v) is 7.15. The van der Waals surface area contributed by atoms with Crippen LogP contribution in [-0.4, -0.2) is 46.3 Å². The fourth-order valence-corrected chi connectivity index (χ4v) is 3.70. The summed E-state index contributed by atoms with van der Waals surface area (Å²) in [5.41, 5.74) is 0.745. The van der Waals surface area contributed by atoms with Crippen molar-refractivity contribution in [3.8, 4) is 0 Å². The average Bonchev–Trinajstić information content (AvgIpc) is 2.98. The van der Waals surface area contributed by atoms with E-state index in [0.717, 1.165) is 37.9 Å². The highest BCUT2D eigenvalue weighted by atomic mass is 32.1. The lowest BCUT2D eigenvalue weighted by Crippen LogP contribution is -2.52. The second kappa shape index (κ2) is 7.40. The van der Waals surface area contributed by atoms with E-state index in [1.54, 1.807) is 12.1 Å². The second-order valence-electron chi connectivity index (χ2n) is 6.42. The number of non-ortho nitro benzene ring substituents is 1. The molecule has 1 saturated carbocycles. The number of nitro groups is 1. The highest BCUT2D eigenvalue weighted by Gasteiger charge is 2.35. The first-order valence-electron chi connectivity index (χ1n) is 8.10. The van der Waals surface area contributed by atoms with Crippen LogP contribution in [0.4, 0.5) is 10.5 Å². The Morgan fingerprint density at radius 3 is 2.67 bits per heavy atom. The third kappa shape index (κ3) is 4.18. The smallest absolute Gasteiger partial charge is 0.407 e. The predicted molar refractivity (Wildman–Crippen MR) is 92.2 cm³/mol. The normalized spacial score (nSPS) is 24.4. The number of ether oxygens (including phenoxy) is 1. The molecule has 0 radical (unpaired) electrons. The van der Waals surface area contributed by atoms with Crippen LogP contribution < -0.4 is 5.32 Å². The van der Waals surface area contributed by atoms with E-state index in [4.69, 9.17) is 4.74 Å². The van der Waals surface area contributed by atoms with Gasteiger partial charge in [-0.1, -0.05) is 0 Å². The SMILES string of the molecule is O=C(N[C@@H]1CC[C@H](N2CC(S)C2)C1)OCc1ccc([N+](=O)[O-])cc1. The summed E-state index contributed by atoms with van der Waals surface area (Å²) in [6.45, 7) is 2.17. The van der Waals surface area contributed by atoms with Gasteiger partial charge >= 0.3 is 6.09 Å². The van der Waals surface area contributed by atoms with Crippen LogP contribution in [0.25, 0.3) is 0 Å². The Hall–Kier alpha value is -1.80. The molecule has 8 heteroatoms. The number of carbonyl (C=O) groups excluding carboxylic acids is 1. The third-order valence-corrected chi connectivity index (χ3v) is 4.98. The maximum absolute atomic E-state index is 11.9. The fraction of sp³-hybridized carbons (Fsp3) is 0.562. The predicted octanol–water partition coefficient (Wildman–Crippen LogP) is 2.36. The van der Waals surface area contributed by atoms with Crippen molar-refractivity contribution < 1.29 is 14.5 Å². The molecule has 0 bridgehead atoms. The minimum absolute atomic E-state index is 0.0228. The maximum Gasteiger partial charge on any atom is 0.407 e. The molecule has 0 spiro atoms. The number of carbonyl (C=O) groups is 1. The lowest BCUT2D eigenvalue weighted by atomic mass is 10.1. The molecule has 1 aromatic rings. The number of likely N-dealkylation sites (tertiary alicyclic amines) is 1. The van der Waals surface area contributed by atoms with E-state index in [1.165, 1.54) is 12.1 Å². The highest BCUT2D eigenvalue weighted by Crippen LogP contribution is 2.29. The van der Waals surface area contributed by atoms with Crippen LogP contribution >= 0.6 is 12.6 Å². The van der Waals surface area contributed by atoms with E-state index in [9.17, 15) is 14.9 Å². The number of nitro benzene ring substituents is 1. The zero-order valence-electron chi connectivity index (χ0n) is 13.3. The van der Waals surface area contributed by atoms with Crippen molar-refractivity contribution in [2.24, 2.45) is 0 Å². The number of benzene rings is 1. The van der Waals surface area contributed by atoms with E-state index < -0.39 is 11.0 Å². The first-order chi connectivity index (χ1) is 11.5. The van der Waals surface area contributed by atoms with Crippen LogP contribution in [0, 0.1) is 10.1 Å². The number of rotatable bonds is 5. The van der Waals surface area contributed by atoms with Crippen LogP contribution in [0.2, 0.25) is 0 Å². The van der Waals surface area contributed by atoms with Crippen molar-refractivity contribution in [3.05, 3.63) is 39.9 Å². The molecule has 0 unspecified atom stereocenters. The molecule has 3 rings (SSSR count). The molecule has 7 nitrogen and oxygen atoms in total. The Balaban J connectivity index is 1.39. The Kier molecular flexibility index (Phi) is 5.25. The van der Waals surface area contributed by atoms with Crippen molar-refractivity contribution in [1.29, 1.82) is 0 Å². The van der Waals surface area contributed by atoms with Gasteiger partial charge in [0.25, 0.3) is 5.69 Å². The quantitative estimate of drug-likeness (QED) is 0.483. The molecule has 1 saturated heterocycles. The van der Waals surface area contributed by atoms with Gasteiger partial charge in [-0.3, -0.25) is 15.0 Å². The molecule has 1 N–H and O–H groups in total. The molecule has 0 aromatic heterocycles. The number of hydrogen-bond donors (Lipinski definition) is 2. The summed E-state index contributed by atoms with van der Waals surface area (Å²) in [5, 5.41) is 14.0. The van der Waals surface area contributed by atoms with Gasteiger partial charge in [-0.2, -0.15) is 12.6 Å². The van der Waals surface area contributed by atoms with Gasteiger partial charge in [0.05, 0.1) is 4.92 Å². The van der Waals surface area contributed by atoms with E-state index in [1.807, 2.05) is 0 Å². The van der Waals surface area contributed by atoms with Gasteiger partial charge in [-0.05, 0) is 37.0 Å². The van der Waals surface area contributed by atoms with Gasteiger partial charge in [0.1, 0.15) is 6.61 Å². The maximum atomic E-state index is 11.9. The molecule has 1 amide bonds. The third-order valence-electron chi connectivity index (χ3n) is 4.65. The molecule has 2 fully saturated rings. The minimum atomic E-state index is -0.456. The van der Waals surface area contributed by atoms with E-state index in [2.05, 4.69) is 22.8 Å². The molecule has 2 atom stereocenters. The summed E-state index contributed by atoms with van der Waals surface area (Å²) >= 11 is 4.43. The summed E-state index contributed by atoms with van der Waals surface area (Å²) in [6.07, 6.45) is 2.57. The summed E-state index contributed by atoms with van der Waals surface area (Å²) in [4.78, 5) is 24.4. The molecule has 1 aliphatic carbocycles. The Labute approximate surface area is 145 Å². The van der Waals surface area contributed by atoms with Gasteiger partial charge in [0, 0.05) is 42.6 Å². The number of hydrogen-bond acceptors (Lipinski definition) is 6. The summed E-state index contributed by atoms with van der Waals surface area (Å²) in [6, 6.07) is 6.68. The van der Waals surface area contributed by atoms with Crippen molar-refractivity contribution in [2.75, 3.05) is 13.1 Å². The monoisotopic (exact) mass is 351 g/mol. The van der Waals surface area contributed by atoms with Crippen LogP contribution in [0.1, 0.15) is 24.8 Å². The molecule has 1 aromatic carbocycles. The first kappa shape index (κ1) is 17.0. The zero-order chi connectivity index (χ0) is 17.1. The van der Waals surface area contributed by atoms with Gasteiger partial charge in [-0.25, -0.2) is 4.79 Å². The highest BCUT2D eigenvalue weighted by molar-refractivity contribution is 7.81. The van der Waals surface area contributed by atoms with Crippen molar-refractivity contribution in [1.82, 2.24) is 10.2 Å². The molecule has 2 aliphatic rings. The zero-order valence-corrected chi connectivity index (χ0v) is 14.2. The number of amides is 1. The molecular formula is C16H21N3O4S. The van der Waals surface area contributed by atoms with Crippen molar-refractivity contribution in [3.63, 3.8) is 0 Å². The molecule has 1 aliphatic heterocycles. The molecule has 130 valence electrons. The first-order valence-corrected chi connectivity index (χ1v) is 8.61. The average molecular weight is 351 g/mol. The summed E-state index contributed by atoms with van der Waals surface area (Å²) in [7, 11) is 0. The number of nitrogens with zero attached hydrogens (tertiary/aromatic N) is 2. The van der Waals surface area contributed by atoms with Gasteiger partial charge in [0.2, 0.25) is 0 Å². The van der Waals surface area contributed by atoms with Crippen LogP contribution in [0.5, 0.6) is 0 Å². The van der Waals surface area contributed by atoms with E-state index in [-0.39, 0.29) is 18.3 Å². The van der Waals surface area contributed by atoms with E-state index >= 15 is 0 Å². The summed E-state index contributed by atoms with van der Waals surface area (Å²) in [5.74, 6) is 0. The standard InChI is InChI=1S/C16H21N3O4S/c20-16(23-10-11-1-4-13(5-2-11)19(21)22)17-12-3-6-14(7-12)18-8-15(24)9-18/h1-2,4-5,12,14-15,24H,3,6-10H2,(H,17,20)/t12-,14+/m1/s1. The Morgan fingerprint density at radius 1 is 1.33 bits per heavy atom. The topological polar surface area (TPSA) is 84.7 Å². The lowest BCUT2D eigenvalue weighted by Gasteiger charge is -2.41. The van der Waals surface area contributed by atoms with Crippen molar-refractivity contribution in [2.45, 2.75) is 43.2 Å². The van der Waals surface area contributed by atoms with Crippen LogP contribution in [-0.2, 0) is 11.3 Å².